The van der Waals surface area contributed by atoms with E-state index in [2.05, 4.69) is 15.4 Å². The molecular formula is C18H14N4O2. The molecule has 6 heteroatoms. The Hall–Kier alpha value is -3.41. The van der Waals surface area contributed by atoms with Crippen LogP contribution in [0, 0.1) is 0 Å². The van der Waals surface area contributed by atoms with Crippen LogP contribution in [0.15, 0.2) is 71.8 Å². The third-order valence-electron chi connectivity index (χ3n) is 3.75. The van der Waals surface area contributed by atoms with Gasteiger partial charge in [0.25, 0.3) is 5.91 Å². The molecule has 0 radical (unpaired) electrons. The van der Waals surface area contributed by atoms with Gasteiger partial charge < -0.3 is 9.73 Å². The first-order valence-corrected chi connectivity index (χ1v) is 7.50. The van der Waals surface area contributed by atoms with Crippen molar-refractivity contribution in [2.24, 2.45) is 0 Å². The van der Waals surface area contributed by atoms with Gasteiger partial charge in [0, 0.05) is 23.9 Å². The Morgan fingerprint density at radius 1 is 1.17 bits per heavy atom. The van der Waals surface area contributed by atoms with Gasteiger partial charge >= 0.3 is 0 Å². The lowest BCUT2D eigenvalue weighted by Crippen LogP contribution is -2.22. The van der Waals surface area contributed by atoms with E-state index in [0.717, 1.165) is 16.8 Å². The van der Waals surface area contributed by atoms with Gasteiger partial charge in [0.1, 0.15) is 5.56 Å². The first kappa shape index (κ1) is 14.2. The fraction of sp³-hybridized carbons (Fsp3) is 0.0556. The van der Waals surface area contributed by atoms with Crippen LogP contribution in [-0.2, 0) is 6.54 Å². The minimum absolute atomic E-state index is 0.219. The van der Waals surface area contributed by atoms with Crippen molar-refractivity contribution in [1.29, 1.82) is 0 Å². The van der Waals surface area contributed by atoms with Gasteiger partial charge in [-0.3, -0.25) is 4.79 Å². The summed E-state index contributed by atoms with van der Waals surface area (Å²) >= 11 is 0. The Morgan fingerprint density at radius 3 is 2.83 bits per heavy atom. The zero-order valence-corrected chi connectivity index (χ0v) is 12.7. The smallest absolute Gasteiger partial charge is 0.257 e. The molecule has 0 bridgehead atoms. The summed E-state index contributed by atoms with van der Waals surface area (Å²) in [6.45, 7) is 0.394. The number of aromatic nitrogens is 3. The molecule has 0 unspecified atom stereocenters. The van der Waals surface area contributed by atoms with Gasteiger partial charge in [0.2, 0.25) is 0 Å². The fourth-order valence-electron chi connectivity index (χ4n) is 2.55. The molecule has 1 N–H and O–H groups in total. The topological polar surface area (TPSA) is 72.4 Å². The number of carbonyl (C=O) groups is 1. The zero-order chi connectivity index (χ0) is 16.4. The van der Waals surface area contributed by atoms with Gasteiger partial charge in [-0.25, -0.2) is 9.50 Å². The Balaban J connectivity index is 1.67. The van der Waals surface area contributed by atoms with Crippen LogP contribution < -0.4 is 5.32 Å². The van der Waals surface area contributed by atoms with E-state index in [9.17, 15) is 4.79 Å². The fourth-order valence-corrected chi connectivity index (χ4v) is 2.55. The highest BCUT2D eigenvalue weighted by Crippen LogP contribution is 2.20. The van der Waals surface area contributed by atoms with E-state index in [1.165, 1.54) is 0 Å². The molecule has 4 aromatic rings. The monoisotopic (exact) mass is 318 g/mol. The molecule has 6 nitrogen and oxygen atoms in total. The molecule has 0 saturated carbocycles. The van der Waals surface area contributed by atoms with Gasteiger partial charge in [-0.2, -0.15) is 5.10 Å². The lowest BCUT2D eigenvalue weighted by Gasteiger charge is -2.05. The molecule has 4 rings (SSSR count). The van der Waals surface area contributed by atoms with E-state index < -0.39 is 0 Å². The average molecular weight is 318 g/mol. The number of nitrogens with one attached hydrogen (secondary N) is 1. The third kappa shape index (κ3) is 2.54. The second-order valence-electron chi connectivity index (χ2n) is 5.30. The van der Waals surface area contributed by atoms with Crippen LogP contribution in [0.25, 0.3) is 16.9 Å². The molecule has 1 amide bonds. The van der Waals surface area contributed by atoms with Crippen molar-refractivity contribution in [3.05, 3.63) is 78.5 Å². The number of hydrogen-bond donors (Lipinski definition) is 1. The lowest BCUT2D eigenvalue weighted by molar-refractivity contribution is 0.0952. The molecule has 0 spiro atoms. The van der Waals surface area contributed by atoms with E-state index in [4.69, 9.17) is 4.42 Å². The van der Waals surface area contributed by atoms with E-state index in [1.54, 1.807) is 29.4 Å². The maximum Gasteiger partial charge on any atom is 0.257 e. The van der Waals surface area contributed by atoms with E-state index >= 15 is 0 Å². The predicted molar refractivity (Wildman–Crippen MR) is 88.3 cm³/mol. The molecule has 3 heterocycles. The van der Waals surface area contributed by atoms with Crippen molar-refractivity contribution in [3.63, 3.8) is 0 Å². The van der Waals surface area contributed by atoms with Crippen molar-refractivity contribution in [2.45, 2.75) is 6.54 Å². The number of rotatable bonds is 4. The lowest BCUT2D eigenvalue weighted by atomic mass is 10.1. The predicted octanol–water partition coefficient (Wildman–Crippen LogP) is 2.92. The normalized spacial score (nSPS) is 10.8. The highest BCUT2D eigenvalue weighted by atomic mass is 16.3. The van der Waals surface area contributed by atoms with Gasteiger partial charge in [0.05, 0.1) is 24.4 Å². The van der Waals surface area contributed by atoms with Crippen molar-refractivity contribution < 1.29 is 9.21 Å². The van der Waals surface area contributed by atoms with Crippen molar-refractivity contribution in [2.75, 3.05) is 0 Å². The minimum atomic E-state index is -0.219. The number of benzene rings is 1. The maximum absolute atomic E-state index is 12.4. The second-order valence-corrected chi connectivity index (χ2v) is 5.30. The Kier molecular flexibility index (Phi) is 3.55. The zero-order valence-electron chi connectivity index (χ0n) is 12.7. The van der Waals surface area contributed by atoms with Crippen molar-refractivity contribution >= 4 is 11.6 Å². The number of carbonyl (C=O) groups excluding carboxylic acids is 1. The van der Waals surface area contributed by atoms with Gasteiger partial charge in [-0.15, -0.1) is 0 Å². The SMILES string of the molecule is O=C(NCc1ccoc1)c1cnn2c(-c3ccccc3)ccnc12. The van der Waals surface area contributed by atoms with Crippen LogP contribution in [0.3, 0.4) is 0 Å². The summed E-state index contributed by atoms with van der Waals surface area (Å²) in [6, 6.07) is 13.6. The summed E-state index contributed by atoms with van der Waals surface area (Å²) in [5.41, 5.74) is 3.77. The number of hydrogen-bond acceptors (Lipinski definition) is 4. The van der Waals surface area contributed by atoms with Crippen LogP contribution in [0.1, 0.15) is 15.9 Å². The number of nitrogens with zero attached hydrogens (tertiary/aromatic N) is 3. The van der Waals surface area contributed by atoms with E-state index in [-0.39, 0.29) is 5.91 Å². The summed E-state index contributed by atoms with van der Waals surface area (Å²) in [7, 11) is 0. The average Bonchev–Trinajstić information content (AvgIpc) is 3.29. The Morgan fingerprint density at radius 2 is 2.04 bits per heavy atom. The van der Waals surface area contributed by atoms with Crippen LogP contribution in [0.5, 0.6) is 0 Å². The molecule has 0 saturated heterocycles. The standard InChI is InChI=1S/C18H14N4O2/c23-18(20-10-13-7-9-24-12-13)15-11-21-22-16(6-8-19-17(15)22)14-4-2-1-3-5-14/h1-9,11-12H,10H2,(H,20,23). The van der Waals surface area contributed by atoms with Crippen molar-refractivity contribution in [3.8, 4) is 11.3 Å². The van der Waals surface area contributed by atoms with E-state index in [1.807, 2.05) is 42.5 Å². The molecule has 0 fully saturated rings. The highest BCUT2D eigenvalue weighted by molar-refractivity contribution is 5.99. The Labute approximate surface area is 137 Å². The molecule has 24 heavy (non-hydrogen) atoms. The number of amides is 1. The van der Waals surface area contributed by atoms with Crippen LogP contribution in [0.4, 0.5) is 0 Å². The highest BCUT2D eigenvalue weighted by Gasteiger charge is 2.16. The number of fused-ring (bicyclic) bond motifs is 1. The Bertz CT molecular complexity index is 975. The van der Waals surface area contributed by atoms with Crippen molar-refractivity contribution in [1.82, 2.24) is 19.9 Å². The number of furan rings is 1. The van der Waals surface area contributed by atoms with E-state index in [0.29, 0.717) is 17.8 Å². The second kappa shape index (κ2) is 6.00. The summed E-state index contributed by atoms with van der Waals surface area (Å²) in [5.74, 6) is -0.219. The summed E-state index contributed by atoms with van der Waals surface area (Å²) in [6.07, 6.45) is 6.40. The summed E-state index contributed by atoms with van der Waals surface area (Å²) in [5, 5.41) is 7.18. The molecule has 0 aliphatic carbocycles. The molecule has 0 aliphatic rings. The van der Waals surface area contributed by atoms with Crippen LogP contribution >= 0.6 is 0 Å². The largest absolute Gasteiger partial charge is 0.472 e. The first-order valence-electron chi connectivity index (χ1n) is 7.50. The third-order valence-corrected chi connectivity index (χ3v) is 3.75. The molecule has 1 aromatic carbocycles. The molecular weight excluding hydrogens is 304 g/mol. The quantitative estimate of drug-likeness (QED) is 0.628. The summed E-state index contributed by atoms with van der Waals surface area (Å²) < 4.78 is 6.67. The maximum atomic E-state index is 12.4. The molecule has 3 aromatic heterocycles. The minimum Gasteiger partial charge on any atom is -0.472 e. The van der Waals surface area contributed by atoms with Gasteiger partial charge in [0.15, 0.2) is 5.65 Å². The van der Waals surface area contributed by atoms with Gasteiger partial charge in [-0.05, 0) is 12.1 Å². The first-order chi connectivity index (χ1) is 11.8. The molecule has 0 atom stereocenters. The van der Waals surface area contributed by atoms with Gasteiger partial charge in [-0.1, -0.05) is 30.3 Å². The molecule has 0 aliphatic heterocycles. The van der Waals surface area contributed by atoms with Crippen LogP contribution in [0.2, 0.25) is 0 Å². The summed E-state index contributed by atoms with van der Waals surface area (Å²) in [4.78, 5) is 16.7. The molecule has 118 valence electrons. The van der Waals surface area contributed by atoms with Crippen LogP contribution in [-0.4, -0.2) is 20.5 Å².